The largest absolute Gasteiger partial charge is 0.458 e. The van der Waals surface area contributed by atoms with Crippen LogP contribution in [0.5, 0.6) is 92.0 Å². The minimum absolute atomic E-state index is 0.0432. The molecular weight excluding hydrogens is 1680 g/mol. The summed E-state index contributed by atoms with van der Waals surface area (Å²) in [6, 6.07) is 149. The fourth-order valence-electron chi connectivity index (χ4n) is 21.7. The van der Waals surface area contributed by atoms with Crippen LogP contribution in [0.25, 0.3) is 89.0 Å². The number of fused-ring (bicyclic) bond motifs is 16. The second-order valence-corrected chi connectivity index (χ2v) is 36.9. The minimum atomic E-state index is 0.0432. The maximum absolute atomic E-state index is 6.47. The first kappa shape index (κ1) is 82.9. The van der Waals surface area contributed by atoms with Crippen LogP contribution in [-0.2, 0) is 0 Å². The van der Waals surface area contributed by atoms with E-state index in [2.05, 4.69) is 387 Å². The lowest BCUT2D eigenvalue weighted by atomic mass is 9.34. The Morgan fingerprint density at radius 3 is 0.558 bits per heavy atom. The van der Waals surface area contributed by atoms with Gasteiger partial charge < -0.3 is 37.9 Å². The quantitative estimate of drug-likeness (QED) is 0.139. The van der Waals surface area contributed by atoms with E-state index < -0.39 is 0 Å². The summed E-state index contributed by atoms with van der Waals surface area (Å²) in [7, 11) is 0. The molecule has 0 amide bonds. The molecule has 20 aromatic rings. The molecule has 0 fully saturated rings. The van der Waals surface area contributed by atoms with Crippen molar-refractivity contribution in [3.8, 4) is 181 Å². The van der Waals surface area contributed by atoms with Gasteiger partial charge in [0, 0.05) is 21.9 Å². The summed E-state index contributed by atoms with van der Waals surface area (Å²) in [6.07, 6.45) is 0. The normalized spacial score (nSPS) is 12.7. The molecule has 28 rings (SSSR count). The Kier molecular flexibility index (Phi) is 20.6. The highest BCUT2D eigenvalue weighted by molar-refractivity contribution is 7.00. The Morgan fingerprint density at radius 1 is 0.123 bits per heavy atom. The number of hydrogen-bond donors (Lipinski definition) is 0. The molecular formula is C126H88B4O8. The summed E-state index contributed by atoms with van der Waals surface area (Å²) in [5.74, 6) is 14.2. The standard InChI is InChI=1S/2C32H23BO2.2C31H21BO2/c1-20-8-3-5-10-24(20)22-14-16-28-26(18-22)33-27-19-23(25-11-6-4-9-21(25)2)15-17-29(27)35-31-13-7-12-30(34-28)32(31)33;1-20-8-3-5-10-24(20)22-14-16-26-30(18-22)34-28-12-7-13-29-32(28)33(26)27-17-15-23(19-31(27)35-29)25-11-6-4-9-21(25)2;1-20-8-5-6-11-24(20)23-15-17-28-26(19-23)32-25-18-22(21-9-3-2-4-10-21)14-16-27(25)33-29-12-7-13-30(34-28)31(29)32;1-20-8-5-6-11-24(20)23-15-17-26-30(19-23)34-28-13-7-12-27-31(28)32(26)25-16-14-22(18-29(25)33-27)21-9-3-2-4-10-21/h2*3-19H,1-2H3;2*2-19H,1H3. The Hall–Kier alpha value is -16.9. The second-order valence-electron chi connectivity index (χ2n) is 36.9. The molecule has 0 N–H and O–H groups in total. The molecule has 138 heavy (non-hydrogen) atoms. The first-order valence-corrected chi connectivity index (χ1v) is 47.4. The fourth-order valence-corrected chi connectivity index (χ4v) is 21.7. The average molecular weight is 1770 g/mol. The van der Waals surface area contributed by atoms with Gasteiger partial charge in [0.05, 0.1) is 0 Å². The van der Waals surface area contributed by atoms with E-state index in [1.807, 2.05) is 78.9 Å². The number of benzene rings is 20. The Morgan fingerprint density at radius 2 is 0.304 bits per heavy atom. The Balaban J connectivity index is 0.0000000975. The maximum atomic E-state index is 6.47. The summed E-state index contributed by atoms with van der Waals surface area (Å²) >= 11 is 0. The van der Waals surface area contributed by atoms with Crippen molar-refractivity contribution < 1.29 is 37.9 Å². The predicted octanol–water partition coefficient (Wildman–Crippen LogP) is 24.8. The molecule has 0 bridgehead atoms. The van der Waals surface area contributed by atoms with Crippen LogP contribution in [0, 0.1) is 41.5 Å². The molecule has 652 valence electrons. The zero-order valence-electron chi connectivity index (χ0n) is 77.0. The van der Waals surface area contributed by atoms with E-state index in [9.17, 15) is 0 Å². The van der Waals surface area contributed by atoms with Crippen LogP contribution in [0.1, 0.15) is 33.4 Å². The van der Waals surface area contributed by atoms with E-state index in [-0.39, 0.29) is 26.9 Å². The molecule has 12 heteroatoms. The molecule has 8 aliphatic heterocycles. The molecule has 0 atom stereocenters. The molecule has 0 spiro atoms. The van der Waals surface area contributed by atoms with Crippen LogP contribution in [0.2, 0.25) is 0 Å². The number of rotatable bonds is 8. The van der Waals surface area contributed by atoms with E-state index in [0.717, 1.165) is 119 Å². The van der Waals surface area contributed by atoms with Crippen molar-refractivity contribution in [2.24, 2.45) is 0 Å². The molecule has 8 nitrogen and oxygen atoms in total. The van der Waals surface area contributed by atoms with Crippen molar-refractivity contribution in [2.45, 2.75) is 41.5 Å². The van der Waals surface area contributed by atoms with Gasteiger partial charge in [0.1, 0.15) is 92.0 Å². The van der Waals surface area contributed by atoms with Crippen LogP contribution in [0.15, 0.2) is 425 Å². The SMILES string of the molecule is Cc1ccccc1-c1ccc2c(c1)B1c3cc(-c4ccccc4)ccc3Oc3cccc(c31)O2.Cc1ccccc1-c1ccc2c(c1)B1c3cc(-c4ccccc4C)ccc3Oc3cccc(c31)O2.Cc1ccccc1-c1ccc2c(c1)Oc1cccc3c1B2c1ccc(-c2ccccc2)cc1O3.Cc1ccccc1-c1ccc2c(c1)Oc1cccc3c1B2c1ccc(-c2ccccc2C)cc1O3. The molecule has 20 aromatic carbocycles. The minimum Gasteiger partial charge on any atom is -0.458 e. The molecule has 0 aliphatic carbocycles. The zero-order valence-corrected chi connectivity index (χ0v) is 77.0. The number of hydrogen-bond acceptors (Lipinski definition) is 8. The first-order chi connectivity index (χ1) is 67.9. The topological polar surface area (TPSA) is 73.8 Å². The van der Waals surface area contributed by atoms with E-state index in [1.165, 1.54) is 161 Å². The molecule has 8 aliphatic rings. The first-order valence-electron chi connectivity index (χ1n) is 47.4. The zero-order chi connectivity index (χ0) is 92.3. The highest BCUT2D eigenvalue weighted by atomic mass is 16.5. The van der Waals surface area contributed by atoms with Gasteiger partial charge in [-0.2, -0.15) is 0 Å². The van der Waals surface area contributed by atoms with Crippen molar-refractivity contribution in [3.05, 3.63) is 458 Å². The summed E-state index contributed by atoms with van der Waals surface area (Å²) < 4.78 is 51.4. The third-order valence-corrected chi connectivity index (χ3v) is 28.6. The van der Waals surface area contributed by atoms with E-state index in [0.29, 0.717) is 0 Å². The lowest BCUT2D eigenvalue weighted by Gasteiger charge is -2.33. The molecule has 0 radical (unpaired) electrons. The molecule has 0 unspecified atom stereocenters. The predicted molar refractivity (Wildman–Crippen MR) is 568 cm³/mol. The van der Waals surface area contributed by atoms with Gasteiger partial charge in [-0.3, -0.25) is 0 Å². The Bertz CT molecular complexity index is 8110. The van der Waals surface area contributed by atoms with Gasteiger partial charge in [-0.15, -0.1) is 0 Å². The summed E-state index contributed by atoms with van der Waals surface area (Å²) in [6.45, 7) is 13.2. The van der Waals surface area contributed by atoms with Gasteiger partial charge >= 0.3 is 0 Å². The van der Waals surface area contributed by atoms with Gasteiger partial charge in [-0.05, 0) is 305 Å². The van der Waals surface area contributed by atoms with Crippen LogP contribution >= 0.6 is 0 Å². The van der Waals surface area contributed by atoms with E-state index in [1.54, 1.807) is 0 Å². The Labute approximate surface area is 805 Å². The van der Waals surface area contributed by atoms with Crippen molar-refractivity contribution in [1.29, 1.82) is 0 Å². The van der Waals surface area contributed by atoms with Crippen molar-refractivity contribution in [2.75, 3.05) is 0 Å². The monoisotopic (exact) mass is 1770 g/mol. The average Bonchev–Trinajstić information content (AvgIpc) is 0.733. The van der Waals surface area contributed by atoms with Gasteiger partial charge in [0.25, 0.3) is 26.9 Å². The van der Waals surface area contributed by atoms with Crippen LogP contribution < -0.4 is 103 Å². The van der Waals surface area contributed by atoms with Gasteiger partial charge in [-0.1, -0.05) is 328 Å². The van der Waals surface area contributed by atoms with Crippen LogP contribution in [0.4, 0.5) is 0 Å². The fraction of sp³-hybridized carbons (Fsp3) is 0.0476. The number of aryl methyl sites for hydroxylation is 6. The lowest BCUT2D eigenvalue weighted by molar-refractivity contribution is 0.464. The summed E-state index contributed by atoms with van der Waals surface area (Å²) in [5, 5.41) is 0. The van der Waals surface area contributed by atoms with E-state index >= 15 is 0 Å². The maximum Gasteiger partial charge on any atom is 0.260 e. The molecule has 0 aromatic heterocycles. The third-order valence-electron chi connectivity index (χ3n) is 28.6. The third kappa shape index (κ3) is 14.6. The highest BCUT2D eigenvalue weighted by Gasteiger charge is 2.46. The van der Waals surface area contributed by atoms with Gasteiger partial charge in [0.15, 0.2) is 0 Å². The highest BCUT2D eigenvalue weighted by Crippen LogP contribution is 2.45. The molecule has 0 saturated heterocycles. The van der Waals surface area contributed by atoms with Crippen molar-refractivity contribution in [3.63, 3.8) is 0 Å². The summed E-state index contributed by atoms with van der Waals surface area (Å²) in [5.41, 5.74) is 40.7. The second kappa shape index (κ2) is 34.2. The van der Waals surface area contributed by atoms with Crippen LogP contribution in [-0.4, -0.2) is 26.9 Å². The molecule has 0 saturated carbocycles. The van der Waals surface area contributed by atoms with Crippen LogP contribution in [0.3, 0.4) is 0 Å². The smallest absolute Gasteiger partial charge is 0.260 e. The lowest BCUT2D eigenvalue weighted by Crippen LogP contribution is -2.57. The van der Waals surface area contributed by atoms with Crippen molar-refractivity contribution >= 4 is 92.4 Å². The molecule has 8 heterocycles. The number of ether oxygens (including phenoxy) is 8. The van der Waals surface area contributed by atoms with Gasteiger partial charge in [0.2, 0.25) is 0 Å². The summed E-state index contributed by atoms with van der Waals surface area (Å²) in [4.78, 5) is 0. The van der Waals surface area contributed by atoms with Gasteiger partial charge in [-0.25, -0.2) is 0 Å². The van der Waals surface area contributed by atoms with Crippen molar-refractivity contribution in [1.82, 2.24) is 0 Å². The van der Waals surface area contributed by atoms with E-state index in [4.69, 9.17) is 37.9 Å².